The van der Waals surface area contributed by atoms with E-state index in [-0.39, 0.29) is 0 Å². The van der Waals surface area contributed by atoms with E-state index in [0.29, 0.717) is 19.8 Å². The van der Waals surface area contributed by atoms with Crippen LogP contribution in [0.3, 0.4) is 0 Å². The van der Waals surface area contributed by atoms with Crippen molar-refractivity contribution in [1.82, 2.24) is 3.53 Å². The molecule has 17 heavy (non-hydrogen) atoms. The van der Waals surface area contributed by atoms with E-state index in [9.17, 15) is 0 Å². The molecule has 1 N–H and O–H groups in total. The van der Waals surface area contributed by atoms with Crippen molar-refractivity contribution < 1.29 is 13.3 Å². The maximum Gasteiger partial charge on any atom is 0.497 e. The van der Waals surface area contributed by atoms with Gasteiger partial charge in [0.2, 0.25) is 0 Å². The molecule has 0 aromatic carbocycles. The first-order chi connectivity index (χ1) is 8.10. The van der Waals surface area contributed by atoms with Gasteiger partial charge in [-0.05, 0) is 27.2 Å². The molecule has 0 rings (SSSR count). The fourth-order valence-corrected chi connectivity index (χ4v) is 3.36. The molecule has 0 aromatic heterocycles. The van der Waals surface area contributed by atoms with Gasteiger partial charge in [0.25, 0.3) is 0 Å². The summed E-state index contributed by atoms with van der Waals surface area (Å²) in [6, 6.07) is 0. The lowest BCUT2D eigenvalue weighted by atomic mass is 10.3. The summed E-state index contributed by atoms with van der Waals surface area (Å²) < 4.78 is 19.3. The van der Waals surface area contributed by atoms with E-state index >= 15 is 0 Å². The Morgan fingerprint density at radius 3 is 1.53 bits per heavy atom. The highest BCUT2D eigenvalue weighted by Gasteiger charge is 2.32. The normalized spacial score (nSPS) is 10.9. The van der Waals surface area contributed by atoms with E-state index in [1.54, 1.807) is 0 Å². The summed E-state index contributed by atoms with van der Waals surface area (Å²) in [4.78, 5) is 0. The standard InChI is InChI=1S/C7H18O3Si.C4H10IN/c1-5-8-11(4,9-6-2)10-7-3;1-2-3-4-6-5/h5-7H2,1-4H3;6H,2-4H2,1H3. The Balaban J connectivity index is 0. The van der Waals surface area contributed by atoms with Gasteiger partial charge in [-0.25, -0.2) is 0 Å². The van der Waals surface area contributed by atoms with Crippen LogP contribution in [0.25, 0.3) is 0 Å². The molecule has 0 aliphatic carbocycles. The summed E-state index contributed by atoms with van der Waals surface area (Å²) in [5.74, 6) is 0. The molecular weight excluding hydrogens is 349 g/mol. The first-order valence-corrected chi connectivity index (χ1v) is 9.65. The van der Waals surface area contributed by atoms with Gasteiger partial charge in [-0.1, -0.05) is 13.3 Å². The van der Waals surface area contributed by atoms with Gasteiger partial charge in [0.15, 0.2) is 0 Å². The maximum absolute atomic E-state index is 5.40. The Hall–Kier alpha value is 0.787. The Kier molecular flexibility index (Phi) is 17.6. The lowest BCUT2D eigenvalue weighted by molar-refractivity contribution is 0.0783. The SMILES string of the molecule is CCCCNI.CCO[Si](C)(OCC)OCC. The molecule has 0 aromatic rings. The van der Waals surface area contributed by atoms with Crippen LogP contribution in [0.1, 0.15) is 40.5 Å². The zero-order valence-electron chi connectivity index (χ0n) is 11.8. The van der Waals surface area contributed by atoms with E-state index < -0.39 is 8.80 Å². The minimum atomic E-state index is -2.25. The van der Waals surface area contributed by atoms with E-state index in [1.807, 2.05) is 27.3 Å². The second-order valence-corrected chi connectivity index (χ2v) is 6.75. The molecule has 0 radical (unpaired) electrons. The summed E-state index contributed by atoms with van der Waals surface area (Å²) in [5.41, 5.74) is 0. The van der Waals surface area contributed by atoms with Gasteiger partial charge in [-0.15, -0.1) is 0 Å². The summed E-state index contributed by atoms with van der Waals surface area (Å²) in [6.45, 7) is 13.1. The van der Waals surface area contributed by atoms with Gasteiger partial charge in [0.1, 0.15) is 0 Å². The largest absolute Gasteiger partial charge is 0.497 e. The molecule has 0 saturated carbocycles. The van der Waals surface area contributed by atoms with Gasteiger partial charge >= 0.3 is 8.80 Å². The van der Waals surface area contributed by atoms with Crippen molar-refractivity contribution in [2.24, 2.45) is 0 Å². The third kappa shape index (κ3) is 14.7. The number of nitrogens with one attached hydrogen (secondary N) is 1. The molecule has 0 unspecified atom stereocenters. The summed E-state index contributed by atoms with van der Waals surface area (Å²) in [6.07, 6.45) is 2.58. The smallest absolute Gasteiger partial charge is 0.374 e. The third-order valence-corrected chi connectivity index (χ3v) is 4.82. The average molecular weight is 377 g/mol. The van der Waals surface area contributed by atoms with Crippen molar-refractivity contribution in [1.29, 1.82) is 0 Å². The molecule has 0 fully saturated rings. The summed E-state index contributed by atoms with van der Waals surface area (Å²) in [5, 5.41) is 0. The van der Waals surface area contributed by atoms with E-state index in [0.717, 1.165) is 6.54 Å². The number of hydrogen-bond donors (Lipinski definition) is 1. The first-order valence-electron chi connectivity index (χ1n) is 6.35. The predicted molar refractivity (Wildman–Crippen MR) is 83.4 cm³/mol. The predicted octanol–water partition coefficient (Wildman–Crippen LogP) is 3.39. The Bertz CT molecular complexity index is 132. The third-order valence-electron chi connectivity index (χ3n) is 1.84. The van der Waals surface area contributed by atoms with Crippen LogP contribution in [0.4, 0.5) is 0 Å². The van der Waals surface area contributed by atoms with Gasteiger partial charge in [0.05, 0.1) is 0 Å². The molecule has 0 aliphatic rings. The van der Waals surface area contributed by atoms with Crippen LogP contribution in [-0.2, 0) is 13.3 Å². The monoisotopic (exact) mass is 377 g/mol. The highest BCUT2D eigenvalue weighted by Crippen LogP contribution is 2.08. The van der Waals surface area contributed by atoms with Crippen molar-refractivity contribution in [2.75, 3.05) is 26.4 Å². The van der Waals surface area contributed by atoms with Crippen LogP contribution in [-0.4, -0.2) is 35.2 Å². The second-order valence-electron chi connectivity index (χ2n) is 3.40. The highest BCUT2D eigenvalue weighted by atomic mass is 127. The minimum Gasteiger partial charge on any atom is -0.374 e. The lowest BCUT2D eigenvalue weighted by Gasteiger charge is -2.23. The van der Waals surface area contributed by atoms with Crippen LogP contribution >= 0.6 is 22.9 Å². The molecular formula is C11H28INO3Si. The summed E-state index contributed by atoms with van der Waals surface area (Å²) >= 11 is 2.16. The molecule has 0 heterocycles. The summed E-state index contributed by atoms with van der Waals surface area (Å²) in [7, 11) is -2.25. The Morgan fingerprint density at radius 1 is 0.941 bits per heavy atom. The van der Waals surface area contributed by atoms with E-state index in [2.05, 4.69) is 33.3 Å². The average Bonchev–Trinajstić information content (AvgIpc) is 2.28. The zero-order valence-corrected chi connectivity index (χ0v) is 15.0. The van der Waals surface area contributed by atoms with Crippen LogP contribution in [0, 0.1) is 0 Å². The highest BCUT2D eigenvalue weighted by molar-refractivity contribution is 14.1. The minimum absolute atomic E-state index is 0.655. The molecule has 106 valence electrons. The zero-order chi connectivity index (χ0) is 13.6. The lowest BCUT2D eigenvalue weighted by Crippen LogP contribution is -2.42. The quantitative estimate of drug-likeness (QED) is 0.289. The van der Waals surface area contributed by atoms with Crippen LogP contribution in [0.5, 0.6) is 0 Å². The molecule has 6 heteroatoms. The molecule has 0 saturated heterocycles. The topological polar surface area (TPSA) is 39.7 Å². The van der Waals surface area contributed by atoms with Gasteiger partial charge in [-0.2, -0.15) is 0 Å². The molecule has 0 aliphatic heterocycles. The molecule has 0 spiro atoms. The van der Waals surface area contributed by atoms with E-state index in [4.69, 9.17) is 13.3 Å². The second kappa shape index (κ2) is 14.8. The van der Waals surface area contributed by atoms with Crippen LogP contribution in [0.15, 0.2) is 0 Å². The molecule has 0 atom stereocenters. The Labute approximate surface area is 122 Å². The van der Waals surface area contributed by atoms with Crippen molar-refractivity contribution in [2.45, 2.75) is 47.1 Å². The molecule has 0 bridgehead atoms. The fourth-order valence-electron chi connectivity index (χ4n) is 1.16. The fraction of sp³-hybridized carbons (Fsp3) is 1.00. The first kappa shape index (κ1) is 20.1. The van der Waals surface area contributed by atoms with Gasteiger partial charge in [0, 0.05) is 55.8 Å². The van der Waals surface area contributed by atoms with Crippen molar-refractivity contribution in [3.8, 4) is 0 Å². The van der Waals surface area contributed by atoms with Gasteiger partial charge in [-0.3, -0.25) is 3.53 Å². The van der Waals surface area contributed by atoms with Gasteiger partial charge < -0.3 is 13.3 Å². The molecule has 4 nitrogen and oxygen atoms in total. The van der Waals surface area contributed by atoms with Crippen molar-refractivity contribution >= 4 is 31.7 Å². The number of hydrogen-bond acceptors (Lipinski definition) is 4. The van der Waals surface area contributed by atoms with Crippen molar-refractivity contribution in [3.05, 3.63) is 0 Å². The molecule has 0 amide bonds. The number of rotatable bonds is 9. The number of halogens is 1. The van der Waals surface area contributed by atoms with Crippen LogP contribution in [0.2, 0.25) is 6.55 Å². The Morgan fingerprint density at radius 2 is 1.35 bits per heavy atom. The number of unbranched alkanes of at least 4 members (excludes halogenated alkanes) is 1. The van der Waals surface area contributed by atoms with Crippen LogP contribution < -0.4 is 3.53 Å². The van der Waals surface area contributed by atoms with Crippen molar-refractivity contribution in [3.63, 3.8) is 0 Å². The van der Waals surface area contributed by atoms with E-state index in [1.165, 1.54) is 12.8 Å². The maximum atomic E-state index is 5.40.